The van der Waals surface area contributed by atoms with Gasteiger partial charge in [-0.05, 0) is 74.5 Å². The van der Waals surface area contributed by atoms with E-state index in [2.05, 4.69) is 24.6 Å². The van der Waals surface area contributed by atoms with Crippen LogP contribution in [0.15, 0.2) is 53.4 Å². The molecule has 2 aromatic rings. The van der Waals surface area contributed by atoms with Crippen molar-refractivity contribution in [3.8, 4) is 11.5 Å². The molecular weight excluding hydrogens is 310 g/mol. The van der Waals surface area contributed by atoms with Crippen molar-refractivity contribution in [3.63, 3.8) is 0 Å². The van der Waals surface area contributed by atoms with E-state index in [-0.39, 0.29) is 5.60 Å². The number of rotatable bonds is 3. The highest BCUT2D eigenvalue weighted by atomic mass is 32.2. The maximum atomic E-state index is 11.8. The molecule has 0 saturated heterocycles. The van der Waals surface area contributed by atoms with Gasteiger partial charge in [0.25, 0.3) is 0 Å². The lowest BCUT2D eigenvalue weighted by molar-refractivity contribution is 0.0845. The Bertz CT molecular complexity index is 701. The predicted molar refractivity (Wildman–Crippen MR) is 90.9 cm³/mol. The van der Waals surface area contributed by atoms with Crippen LogP contribution in [0, 0.1) is 0 Å². The van der Waals surface area contributed by atoms with Gasteiger partial charge < -0.3 is 9.47 Å². The van der Waals surface area contributed by atoms with Gasteiger partial charge in [0.1, 0.15) is 17.1 Å². The van der Waals surface area contributed by atoms with Crippen molar-refractivity contribution in [2.45, 2.75) is 37.2 Å². The lowest BCUT2D eigenvalue weighted by Gasteiger charge is -2.32. The highest BCUT2D eigenvalue weighted by Gasteiger charge is 2.26. The molecule has 3 rings (SSSR count). The number of carbonyl (C=O) groups is 1. The first-order valence-corrected chi connectivity index (χ1v) is 8.35. The predicted octanol–water partition coefficient (Wildman–Crippen LogP) is 4.59. The van der Waals surface area contributed by atoms with Crippen LogP contribution in [0.4, 0.5) is 4.79 Å². The summed E-state index contributed by atoms with van der Waals surface area (Å²) >= 11 is 1.24. The Hall–Kier alpha value is -2.14. The average Bonchev–Trinajstić information content (AvgIpc) is 2.53. The molecule has 4 nitrogen and oxygen atoms in total. The Balaban J connectivity index is 1.58. The first kappa shape index (κ1) is 15.7. The van der Waals surface area contributed by atoms with Crippen LogP contribution < -0.4 is 14.2 Å². The van der Waals surface area contributed by atoms with Crippen molar-refractivity contribution in [3.05, 3.63) is 54.1 Å². The fourth-order valence-electron chi connectivity index (χ4n) is 2.42. The molecule has 2 aromatic carbocycles. The Morgan fingerprint density at radius 2 is 2.00 bits per heavy atom. The summed E-state index contributed by atoms with van der Waals surface area (Å²) in [5, 5.41) is 0. The molecule has 0 aromatic heterocycles. The summed E-state index contributed by atoms with van der Waals surface area (Å²) in [6, 6.07) is 14.9. The minimum absolute atomic E-state index is 0.112. The zero-order valence-electron chi connectivity index (χ0n) is 13.2. The van der Waals surface area contributed by atoms with Crippen LogP contribution in [0.3, 0.4) is 0 Å². The maximum Gasteiger partial charge on any atom is 0.422 e. The Morgan fingerprint density at radius 3 is 2.78 bits per heavy atom. The fraction of sp³-hybridized carbons (Fsp3) is 0.278. The number of benzene rings is 2. The second-order valence-corrected chi connectivity index (χ2v) is 6.92. The van der Waals surface area contributed by atoms with Crippen molar-refractivity contribution in [1.29, 1.82) is 0 Å². The van der Waals surface area contributed by atoms with Crippen molar-refractivity contribution in [2.75, 3.05) is 0 Å². The monoisotopic (exact) mass is 329 g/mol. The van der Waals surface area contributed by atoms with Gasteiger partial charge in [0, 0.05) is 4.90 Å². The molecule has 0 spiro atoms. The summed E-state index contributed by atoms with van der Waals surface area (Å²) in [5.41, 5.74) is 1.06. The zero-order chi connectivity index (χ0) is 16.3. The highest BCUT2D eigenvalue weighted by molar-refractivity contribution is 7.98. The van der Waals surface area contributed by atoms with Gasteiger partial charge in [-0.15, -0.1) is 0 Å². The van der Waals surface area contributed by atoms with Crippen LogP contribution in [0.2, 0.25) is 0 Å². The van der Waals surface area contributed by atoms with Crippen molar-refractivity contribution in [2.24, 2.45) is 0 Å². The molecule has 1 N–H and O–H groups in total. The summed E-state index contributed by atoms with van der Waals surface area (Å²) in [7, 11) is 0. The van der Waals surface area contributed by atoms with E-state index in [1.807, 2.05) is 30.3 Å². The van der Waals surface area contributed by atoms with E-state index in [0.717, 1.165) is 23.5 Å². The number of carbonyl (C=O) groups excluding carboxylic acids is 1. The number of ether oxygens (including phenoxy) is 2. The molecule has 1 heterocycles. The van der Waals surface area contributed by atoms with E-state index >= 15 is 0 Å². The molecule has 0 aliphatic carbocycles. The number of amides is 1. The highest BCUT2D eigenvalue weighted by Crippen LogP contribution is 2.34. The average molecular weight is 329 g/mol. The molecule has 23 heavy (non-hydrogen) atoms. The lowest BCUT2D eigenvalue weighted by Crippen LogP contribution is -2.32. The van der Waals surface area contributed by atoms with Gasteiger partial charge in [-0.3, -0.25) is 4.72 Å². The van der Waals surface area contributed by atoms with E-state index in [1.54, 1.807) is 12.1 Å². The first-order chi connectivity index (χ1) is 11.0. The van der Waals surface area contributed by atoms with E-state index in [1.165, 1.54) is 17.5 Å². The lowest BCUT2D eigenvalue weighted by atomic mass is 9.94. The quantitative estimate of drug-likeness (QED) is 0.837. The Kier molecular flexibility index (Phi) is 4.48. The van der Waals surface area contributed by atoms with Gasteiger partial charge in [0.2, 0.25) is 0 Å². The third kappa shape index (κ3) is 4.20. The molecule has 0 atom stereocenters. The van der Waals surface area contributed by atoms with Gasteiger partial charge >= 0.3 is 6.09 Å². The number of hydrogen-bond acceptors (Lipinski definition) is 4. The minimum atomic E-state index is -0.490. The molecule has 0 radical (unpaired) electrons. The van der Waals surface area contributed by atoms with Crippen molar-refractivity contribution >= 4 is 18.0 Å². The normalized spacial score (nSPS) is 15.2. The van der Waals surface area contributed by atoms with E-state index < -0.39 is 6.09 Å². The van der Waals surface area contributed by atoms with Gasteiger partial charge in [0.05, 0.1) is 0 Å². The Morgan fingerprint density at radius 1 is 1.22 bits per heavy atom. The van der Waals surface area contributed by atoms with Crippen LogP contribution in [0.1, 0.15) is 25.8 Å². The van der Waals surface area contributed by atoms with Crippen LogP contribution in [0.5, 0.6) is 11.5 Å². The molecule has 0 unspecified atom stereocenters. The molecule has 5 heteroatoms. The van der Waals surface area contributed by atoms with Gasteiger partial charge in [0.15, 0.2) is 0 Å². The summed E-state index contributed by atoms with van der Waals surface area (Å²) in [4.78, 5) is 12.7. The molecule has 1 aliphatic rings. The molecular formula is C18H19NO3S. The number of hydrogen-bond donors (Lipinski definition) is 1. The summed E-state index contributed by atoms with van der Waals surface area (Å²) in [5.74, 6) is 1.45. The third-order valence-electron chi connectivity index (χ3n) is 3.62. The number of fused-ring (bicyclic) bond motifs is 1. The molecule has 0 fully saturated rings. The smallest absolute Gasteiger partial charge is 0.422 e. The standard InChI is InChI=1S/C18H19NO3S/c1-18(2)11-10-13-12-15(8-9-16(13)22-18)23-19-17(20)21-14-6-4-3-5-7-14/h3-9,12H,10-11H2,1-2H3,(H,19,20). The van der Waals surface area contributed by atoms with Crippen molar-refractivity contribution in [1.82, 2.24) is 4.72 Å². The van der Waals surface area contributed by atoms with Crippen LogP contribution in [0.25, 0.3) is 0 Å². The van der Waals surface area contributed by atoms with Gasteiger partial charge in [-0.1, -0.05) is 18.2 Å². The number of para-hydroxylation sites is 1. The molecule has 0 bridgehead atoms. The summed E-state index contributed by atoms with van der Waals surface area (Å²) in [6.45, 7) is 4.19. The second-order valence-electron chi connectivity index (χ2n) is 6.04. The Labute approximate surface area is 140 Å². The number of aryl methyl sites for hydroxylation is 1. The zero-order valence-corrected chi connectivity index (χ0v) is 14.0. The molecule has 1 amide bonds. The maximum absolute atomic E-state index is 11.8. The second kappa shape index (κ2) is 6.54. The fourth-order valence-corrected chi connectivity index (χ4v) is 3.00. The van der Waals surface area contributed by atoms with Crippen molar-refractivity contribution < 1.29 is 14.3 Å². The topological polar surface area (TPSA) is 47.6 Å². The first-order valence-electron chi connectivity index (χ1n) is 7.53. The SMILES string of the molecule is CC1(C)CCc2cc(SNC(=O)Oc3ccccc3)ccc2O1. The summed E-state index contributed by atoms with van der Waals surface area (Å²) in [6.07, 6.45) is 1.47. The summed E-state index contributed by atoms with van der Waals surface area (Å²) < 4.78 is 13.8. The molecule has 1 aliphatic heterocycles. The third-order valence-corrected chi connectivity index (χ3v) is 4.38. The van der Waals surface area contributed by atoms with Crippen LogP contribution in [-0.2, 0) is 6.42 Å². The van der Waals surface area contributed by atoms with Gasteiger partial charge in [-0.2, -0.15) is 0 Å². The van der Waals surface area contributed by atoms with E-state index in [0.29, 0.717) is 5.75 Å². The van der Waals surface area contributed by atoms with Crippen LogP contribution >= 0.6 is 11.9 Å². The minimum Gasteiger partial charge on any atom is -0.488 e. The number of nitrogens with one attached hydrogen (secondary N) is 1. The van der Waals surface area contributed by atoms with Crippen LogP contribution in [-0.4, -0.2) is 11.7 Å². The molecule has 120 valence electrons. The van der Waals surface area contributed by atoms with Gasteiger partial charge in [-0.25, -0.2) is 4.79 Å². The van der Waals surface area contributed by atoms with E-state index in [9.17, 15) is 4.79 Å². The molecule has 0 saturated carbocycles. The largest absolute Gasteiger partial charge is 0.488 e. The van der Waals surface area contributed by atoms with E-state index in [4.69, 9.17) is 9.47 Å².